The summed E-state index contributed by atoms with van der Waals surface area (Å²) in [6, 6.07) is 6.11. The van der Waals surface area contributed by atoms with Crippen molar-refractivity contribution in [2.45, 2.75) is 26.6 Å². The summed E-state index contributed by atoms with van der Waals surface area (Å²) < 4.78 is 33.8. The number of aliphatic hydroxyl groups excluding tert-OH is 1. The van der Waals surface area contributed by atoms with Gasteiger partial charge in [0.25, 0.3) is 0 Å². The van der Waals surface area contributed by atoms with E-state index in [0.717, 1.165) is 0 Å². The van der Waals surface area contributed by atoms with Gasteiger partial charge in [0, 0.05) is 0 Å². The highest BCUT2D eigenvalue weighted by atomic mass is 19.3. The summed E-state index contributed by atoms with van der Waals surface area (Å²) >= 11 is 0. The van der Waals surface area contributed by atoms with Crippen LogP contribution in [0.1, 0.15) is 25.5 Å². The zero-order valence-electron chi connectivity index (χ0n) is 10.9. The van der Waals surface area contributed by atoms with Gasteiger partial charge in [-0.3, -0.25) is 0 Å². The lowest BCUT2D eigenvalue weighted by Crippen LogP contribution is -2.20. The maximum Gasteiger partial charge on any atom is 0.387 e. The zero-order chi connectivity index (χ0) is 14.6. The van der Waals surface area contributed by atoms with E-state index >= 15 is 0 Å². The van der Waals surface area contributed by atoms with E-state index in [0.29, 0.717) is 5.56 Å². The minimum Gasteiger partial charge on any atom is -0.493 e. The summed E-state index contributed by atoms with van der Waals surface area (Å²) in [6.45, 7) is 0.107. The molecular formula is C13H15F2NO3. The number of benzene rings is 1. The highest BCUT2D eigenvalue weighted by molar-refractivity contribution is 5.44. The molecule has 0 bridgehead atoms. The number of nitrogens with zero attached hydrogens (tertiary/aromatic N) is 1. The van der Waals surface area contributed by atoms with Crippen molar-refractivity contribution < 1.29 is 23.4 Å². The van der Waals surface area contributed by atoms with Crippen LogP contribution >= 0.6 is 0 Å². The first kappa shape index (κ1) is 15.2. The van der Waals surface area contributed by atoms with Crippen LogP contribution in [0.15, 0.2) is 18.2 Å². The van der Waals surface area contributed by atoms with Crippen molar-refractivity contribution in [1.29, 1.82) is 5.26 Å². The third kappa shape index (κ3) is 3.55. The number of nitriles is 1. The van der Waals surface area contributed by atoms with E-state index in [4.69, 9.17) is 10.00 Å². The fourth-order valence-electron chi connectivity index (χ4n) is 1.53. The van der Waals surface area contributed by atoms with Crippen molar-refractivity contribution in [3.63, 3.8) is 0 Å². The van der Waals surface area contributed by atoms with E-state index in [9.17, 15) is 13.9 Å². The van der Waals surface area contributed by atoms with Crippen LogP contribution in [0.3, 0.4) is 0 Å². The Morgan fingerprint density at radius 1 is 1.32 bits per heavy atom. The summed E-state index contributed by atoms with van der Waals surface area (Å²) in [4.78, 5) is 0. The van der Waals surface area contributed by atoms with Crippen LogP contribution in [0.4, 0.5) is 8.78 Å². The predicted molar refractivity (Wildman–Crippen MR) is 64.0 cm³/mol. The third-order valence-electron chi connectivity index (χ3n) is 2.69. The minimum absolute atomic E-state index is 0.131. The lowest BCUT2D eigenvalue weighted by molar-refractivity contribution is -0.0514. The summed E-state index contributed by atoms with van der Waals surface area (Å²) in [7, 11) is 1.32. The van der Waals surface area contributed by atoms with E-state index in [1.54, 1.807) is 13.8 Å². The molecule has 1 atom stereocenters. The van der Waals surface area contributed by atoms with Crippen molar-refractivity contribution >= 4 is 0 Å². The molecular weight excluding hydrogens is 256 g/mol. The molecule has 4 nitrogen and oxygen atoms in total. The Kier molecular flexibility index (Phi) is 4.67. The lowest BCUT2D eigenvalue weighted by Gasteiger charge is -2.24. The maximum atomic E-state index is 12.3. The molecule has 1 aromatic rings. The van der Waals surface area contributed by atoms with Gasteiger partial charge < -0.3 is 14.6 Å². The predicted octanol–water partition coefficient (Wildman–Crippen LogP) is 2.88. The number of methoxy groups -OCH3 is 1. The SMILES string of the molecule is COc1ccc(C(O)C(C)(C)C#N)cc1OC(F)F. The number of hydrogen-bond donors (Lipinski definition) is 1. The molecule has 6 heteroatoms. The molecule has 1 rings (SSSR count). The van der Waals surface area contributed by atoms with Crippen molar-refractivity contribution in [1.82, 2.24) is 0 Å². The van der Waals surface area contributed by atoms with Crippen LogP contribution in [0.5, 0.6) is 11.5 Å². The van der Waals surface area contributed by atoms with Gasteiger partial charge in [-0.05, 0) is 31.5 Å². The van der Waals surface area contributed by atoms with Crippen LogP contribution in [0, 0.1) is 16.7 Å². The smallest absolute Gasteiger partial charge is 0.387 e. The molecule has 1 unspecified atom stereocenters. The van der Waals surface area contributed by atoms with E-state index in [2.05, 4.69) is 4.74 Å². The molecule has 1 N–H and O–H groups in total. The lowest BCUT2D eigenvalue weighted by atomic mass is 9.84. The highest BCUT2D eigenvalue weighted by Gasteiger charge is 2.29. The molecule has 0 heterocycles. The van der Waals surface area contributed by atoms with Crippen LogP contribution in [0.2, 0.25) is 0 Å². The average molecular weight is 271 g/mol. The minimum atomic E-state index is -3.00. The molecule has 0 saturated heterocycles. The monoisotopic (exact) mass is 271 g/mol. The van der Waals surface area contributed by atoms with Gasteiger partial charge in [-0.15, -0.1) is 0 Å². The van der Waals surface area contributed by atoms with Crippen molar-refractivity contribution in [3.05, 3.63) is 23.8 Å². The van der Waals surface area contributed by atoms with E-state index < -0.39 is 18.1 Å². The summed E-state index contributed by atoms with van der Waals surface area (Å²) in [5, 5.41) is 19.0. The number of aliphatic hydroxyl groups is 1. The first-order valence-corrected chi connectivity index (χ1v) is 5.54. The number of ether oxygens (including phenoxy) is 2. The Labute approximate surface area is 110 Å². The molecule has 0 aliphatic heterocycles. The highest BCUT2D eigenvalue weighted by Crippen LogP contribution is 2.37. The summed E-state index contributed by atoms with van der Waals surface area (Å²) in [5.74, 6) is -0.0474. The molecule has 0 amide bonds. The van der Waals surface area contributed by atoms with Crippen LogP contribution in [-0.4, -0.2) is 18.8 Å². The third-order valence-corrected chi connectivity index (χ3v) is 2.69. The van der Waals surface area contributed by atoms with Gasteiger partial charge in [0.15, 0.2) is 11.5 Å². The Bertz CT molecular complexity index is 483. The van der Waals surface area contributed by atoms with Crippen molar-refractivity contribution in [2.24, 2.45) is 5.41 Å². The van der Waals surface area contributed by atoms with Crippen LogP contribution in [0.25, 0.3) is 0 Å². The second-order valence-electron chi connectivity index (χ2n) is 4.52. The average Bonchev–Trinajstić information content (AvgIpc) is 2.37. The molecule has 0 aromatic heterocycles. The number of hydrogen-bond acceptors (Lipinski definition) is 4. The Morgan fingerprint density at radius 2 is 1.95 bits per heavy atom. The number of halogens is 2. The maximum absolute atomic E-state index is 12.3. The fraction of sp³-hybridized carbons (Fsp3) is 0.462. The van der Waals surface area contributed by atoms with Gasteiger partial charge in [-0.1, -0.05) is 6.07 Å². The number of rotatable bonds is 5. The Balaban J connectivity index is 3.15. The molecule has 0 aliphatic rings. The first-order chi connectivity index (χ1) is 8.81. The van der Waals surface area contributed by atoms with Crippen molar-refractivity contribution in [3.8, 4) is 17.6 Å². The van der Waals surface area contributed by atoms with Crippen molar-refractivity contribution in [2.75, 3.05) is 7.11 Å². The van der Waals surface area contributed by atoms with Gasteiger partial charge in [0.2, 0.25) is 0 Å². The van der Waals surface area contributed by atoms with Gasteiger partial charge in [0.1, 0.15) is 0 Å². The second kappa shape index (κ2) is 5.85. The quantitative estimate of drug-likeness (QED) is 0.894. The Hall–Kier alpha value is -1.87. The summed E-state index contributed by atoms with van der Waals surface area (Å²) in [5.41, 5.74) is -0.737. The largest absolute Gasteiger partial charge is 0.493 e. The van der Waals surface area contributed by atoms with Crippen LogP contribution in [-0.2, 0) is 0 Å². The van der Waals surface area contributed by atoms with E-state index in [1.807, 2.05) is 6.07 Å². The van der Waals surface area contributed by atoms with Gasteiger partial charge in [-0.2, -0.15) is 14.0 Å². The second-order valence-corrected chi connectivity index (χ2v) is 4.52. The fourth-order valence-corrected chi connectivity index (χ4v) is 1.53. The zero-order valence-corrected chi connectivity index (χ0v) is 10.9. The first-order valence-electron chi connectivity index (χ1n) is 5.54. The molecule has 104 valence electrons. The standard InChI is InChI=1S/C13H15F2NO3/c1-13(2,7-16)11(17)8-4-5-9(18-3)10(6-8)19-12(14)15/h4-6,11-12,17H,1-3H3. The molecule has 19 heavy (non-hydrogen) atoms. The topological polar surface area (TPSA) is 62.5 Å². The van der Waals surface area contributed by atoms with Crippen LogP contribution < -0.4 is 9.47 Å². The van der Waals surface area contributed by atoms with E-state index in [1.165, 1.54) is 25.3 Å². The number of alkyl halides is 2. The normalized spacial score (nSPS) is 12.9. The van der Waals surface area contributed by atoms with Gasteiger partial charge in [0.05, 0.1) is 24.7 Å². The summed E-state index contributed by atoms with van der Waals surface area (Å²) in [6.07, 6.45) is -1.12. The van der Waals surface area contributed by atoms with Gasteiger partial charge >= 0.3 is 6.61 Å². The Morgan fingerprint density at radius 3 is 2.42 bits per heavy atom. The molecule has 0 radical (unpaired) electrons. The van der Waals surface area contributed by atoms with Gasteiger partial charge in [-0.25, -0.2) is 0 Å². The molecule has 0 aliphatic carbocycles. The van der Waals surface area contributed by atoms with E-state index in [-0.39, 0.29) is 11.5 Å². The molecule has 1 aromatic carbocycles. The molecule has 0 fully saturated rings. The molecule has 0 saturated carbocycles. The molecule has 0 spiro atoms.